The zero-order valence-electron chi connectivity index (χ0n) is 41.5. The van der Waals surface area contributed by atoms with Gasteiger partial charge in [-0.05, 0) is 85.3 Å². The van der Waals surface area contributed by atoms with Gasteiger partial charge in [0.2, 0.25) is 0 Å². The van der Waals surface area contributed by atoms with Crippen LogP contribution < -0.4 is 0 Å². The second-order valence-electron chi connectivity index (χ2n) is 23.0. The van der Waals surface area contributed by atoms with Crippen LogP contribution in [0.1, 0.15) is 110 Å². The summed E-state index contributed by atoms with van der Waals surface area (Å²) in [7, 11) is -5.59. The van der Waals surface area contributed by atoms with E-state index in [0.717, 1.165) is 12.5 Å². The molecule has 8 rings (SSSR count). The molecule has 4 aromatic rings. The van der Waals surface area contributed by atoms with Crippen LogP contribution in [0, 0.1) is 10.8 Å². The van der Waals surface area contributed by atoms with Crippen molar-refractivity contribution < 1.29 is 37.2 Å². The monoisotopic (exact) mass is 1050 g/mol. The Hall–Kier alpha value is -1.91. The van der Waals surface area contributed by atoms with Crippen LogP contribution in [-0.2, 0) is 35.2 Å². The zero-order valence-corrected chi connectivity index (χ0v) is 49.8. The van der Waals surface area contributed by atoms with E-state index in [0.29, 0.717) is 16.5 Å². The minimum absolute atomic E-state index is 0. The van der Waals surface area contributed by atoms with Gasteiger partial charge in [0.25, 0.3) is 0 Å². The average molecular weight is 1060 g/mol. The van der Waals surface area contributed by atoms with E-state index in [1.54, 1.807) is 16.7 Å². The van der Waals surface area contributed by atoms with E-state index in [2.05, 4.69) is 214 Å². The summed E-state index contributed by atoms with van der Waals surface area (Å²) < 4.78 is -1.08. The standard InChI is InChI=1S/C28H36Cl2Si2.C28H38Si2.2H2O.Zr/c1-26(2,3)20-32(6,27(29)17-15-21-11-7-9-13-24(21)27)28(30)23(16-18-31(4)5)19-22-12-8-10-14-25(22)28;1-28(2,3)20-30(6,26-16-15-21-11-7-9-13-24(21)26)27-23(17-18-29(4)5)19-22-12-8-10-14-25(22)27;;;/h7-15,17,19,31H,16,18,20H2,1-6H3;7-16,19,26-27,29H,17-18,20H2,1-6H3;2*1H2;. The molecule has 0 saturated carbocycles. The SMILES string of the molecule is C[SiH](C)CCC1=Cc2ccccc2C1(Cl)[Si](C)(CC(C)(C)C)C1(Cl)C=Cc2ccccc21.C[SiH](C)CCC1=Cc2ccccc2C1[Si](C)(CC(C)(C)C)C1C=Cc2ccccc21.O.O.[Zr]. The van der Waals surface area contributed by atoms with Gasteiger partial charge in [0, 0.05) is 49.3 Å². The molecule has 0 aromatic heterocycles. The summed E-state index contributed by atoms with van der Waals surface area (Å²) in [6.07, 6.45) is 16.8. The van der Waals surface area contributed by atoms with E-state index in [4.69, 9.17) is 23.2 Å². The maximum absolute atomic E-state index is 8.09. The molecule has 0 aliphatic heterocycles. The fraction of sp³-hybridized carbons (Fsp3) is 0.429. The molecule has 4 aliphatic rings. The van der Waals surface area contributed by atoms with Crippen molar-refractivity contribution in [2.45, 2.75) is 138 Å². The molecule has 2 nitrogen and oxygen atoms in total. The van der Waals surface area contributed by atoms with Crippen molar-refractivity contribution >= 4 is 81.2 Å². The van der Waals surface area contributed by atoms with Crippen molar-refractivity contribution in [1.82, 2.24) is 0 Å². The van der Waals surface area contributed by atoms with E-state index in [9.17, 15) is 0 Å². The third-order valence-corrected chi connectivity index (χ3v) is 32.3. The maximum Gasteiger partial charge on any atom is 0.120 e. The van der Waals surface area contributed by atoms with Crippen LogP contribution in [0.15, 0.2) is 120 Å². The van der Waals surface area contributed by atoms with Crippen LogP contribution in [0.2, 0.25) is 63.5 Å². The van der Waals surface area contributed by atoms with Crippen LogP contribution in [0.5, 0.6) is 0 Å². The Morgan fingerprint density at radius 3 is 1.69 bits per heavy atom. The molecule has 0 fully saturated rings. The molecular weight excluding hydrogens is 979 g/mol. The summed E-state index contributed by atoms with van der Waals surface area (Å²) in [4.78, 5) is 0. The molecule has 9 heteroatoms. The molecule has 0 amide bonds. The van der Waals surface area contributed by atoms with Gasteiger partial charge in [0.05, 0.1) is 17.1 Å². The third-order valence-electron chi connectivity index (χ3n) is 14.5. The number of allylic oxidation sites excluding steroid dienone is 4. The van der Waals surface area contributed by atoms with E-state index in [-0.39, 0.29) is 42.6 Å². The van der Waals surface area contributed by atoms with Gasteiger partial charge in [0.1, 0.15) is 8.07 Å². The Balaban J connectivity index is 0.000000272. The quantitative estimate of drug-likeness (QED) is 0.100. The van der Waals surface area contributed by atoms with Crippen LogP contribution in [0.3, 0.4) is 0 Å². The molecule has 6 unspecified atom stereocenters. The average Bonchev–Trinajstić information content (AvgIpc) is 3.97. The normalized spacial score (nSPS) is 23.0. The Bertz CT molecular complexity index is 2410. The summed E-state index contributed by atoms with van der Waals surface area (Å²) in [5.74, 6) is 0. The van der Waals surface area contributed by atoms with Gasteiger partial charge >= 0.3 is 0 Å². The topological polar surface area (TPSA) is 63.0 Å². The van der Waals surface area contributed by atoms with Gasteiger partial charge in [0.15, 0.2) is 0 Å². The van der Waals surface area contributed by atoms with Gasteiger partial charge in [-0.1, -0.05) is 238 Å². The van der Waals surface area contributed by atoms with Crippen molar-refractivity contribution in [2.75, 3.05) is 0 Å². The minimum atomic E-state index is -2.51. The van der Waals surface area contributed by atoms with Crippen molar-refractivity contribution in [3.8, 4) is 0 Å². The summed E-state index contributed by atoms with van der Waals surface area (Å²) in [5, 5.41) is 0. The number of halogens is 2. The van der Waals surface area contributed by atoms with Crippen LogP contribution in [0.25, 0.3) is 24.3 Å². The number of rotatable bonds is 12. The Labute approximate surface area is 428 Å². The molecular formula is C56H78Cl2O2Si4Zr. The van der Waals surface area contributed by atoms with E-state index in [1.807, 2.05) is 0 Å². The first-order chi connectivity index (χ1) is 29.1. The van der Waals surface area contributed by atoms with Crippen LogP contribution in [0.4, 0.5) is 0 Å². The van der Waals surface area contributed by atoms with Crippen molar-refractivity contribution in [2.24, 2.45) is 10.8 Å². The molecule has 0 spiro atoms. The second-order valence-corrected chi connectivity index (χ2v) is 40.6. The number of hydrogen-bond donors (Lipinski definition) is 0. The second kappa shape index (κ2) is 21.4. The van der Waals surface area contributed by atoms with E-state index in [1.165, 1.54) is 63.5 Å². The predicted molar refractivity (Wildman–Crippen MR) is 296 cm³/mol. The zero-order chi connectivity index (χ0) is 44.9. The van der Waals surface area contributed by atoms with Crippen molar-refractivity contribution in [3.05, 3.63) is 165 Å². The number of benzene rings is 4. The Morgan fingerprint density at radius 2 is 1.09 bits per heavy atom. The number of alkyl halides is 2. The summed E-state index contributed by atoms with van der Waals surface area (Å²) in [5.41, 5.74) is 16.0. The van der Waals surface area contributed by atoms with E-state index < -0.39 is 42.7 Å². The molecule has 0 radical (unpaired) electrons. The minimum Gasteiger partial charge on any atom is -0.412 e. The molecule has 0 saturated heterocycles. The molecule has 0 bridgehead atoms. The molecule has 6 atom stereocenters. The van der Waals surface area contributed by atoms with Crippen molar-refractivity contribution in [3.63, 3.8) is 0 Å². The Morgan fingerprint density at radius 1 is 0.585 bits per heavy atom. The number of fused-ring (bicyclic) bond motifs is 4. The molecule has 0 heterocycles. The molecule has 65 heavy (non-hydrogen) atoms. The molecule has 4 aromatic carbocycles. The van der Waals surface area contributed by atoms with Crippen molar-refractivity contribution in [1.29, 1.82) is 0 Å². The third kappa shape index (κ3) is 11.0. The van der Waals surface area contributed by atoms with Gasteiger partial charge in [-0.3, -0.25) is 0 Å². The maximum atomic E-state index is 8.09. The van der Waals surface area contributed by atoms with Gasteiger partial charge in [-0.2, -0.15) is 0 Å². The first kappa shape index (κ1) is 55.7. The summed E-state index contributed by atoms with van der Waals surface area (Å²) >= 11 is 15.9. The fourth-order valence-corrected chi connectivity index (χ4v) is 28.8. The van der Waals surface area contributed by atoms with Gasteiger partial charge in [-0.25, -0.2) is 0 Å². The molecule has 4 aliphatic carbocycles. The van der Waals surface area contributed by atoms with Gasteiger partial charge in [-0.15, -0.1) is 23.2 Å². The van der Waals surface area contributed by atoms with Gasteiger partial charge < -0.3 is 11.0 Å². The number of hydrogen-bond acceptors (Lipinski definition) is 0. The van der Waals surface area contributed by atoms with E-state index >= 15 is 0 Å². The summed E-state index contributed by atoms with van der Waals surface area (Å²) in [6.45, 7) is 29.5. The van der Waals surface area contributed by atoms with Crippen LogP contribution >= 0.6 is 23.2 Å². The first-order valence-corrected chi connectivity index (χ1v) is 36.2. The predicted octanol–water partition coefficient (Wildman–Crippen LogP) is 15.2. The largest absolute Gasteiger partial charge is 0.412 e. The first-order valence-electron chi connectivity index (χ1n) is 23.6. The summed E-state index contributed by atoms with van der Waals surface area (Å²) in [6, 6.07) is 40.9. The smallest absolute Gasteiger partial charge is 0.120 e. The molecule has 4 N–H and O–H groups in total. The molecule has 348 valence electrons. The van der Waals surface area contributed by atoms with Crippen LogP contribution in [-0.4, -0.2) is 44.7 Å². The fourth-order valence-electron chi connectivity index (χ4n) is 12.2. The Kier molecular flexibility index (Phi) is 18.3.